The highest BCUT2D eigenvalue weighted by Gasteiger charge is 2.24. The summed E-state index contributed by atoms with van der Waals surface area (Å²) in [6.07, 6.45) is 0.770. The Morgan fingerprint density at radius 3 is 2.32 bits per heavy atom. The maximum atomic E-state index is 10.1. The molecule has 0 amide bonds. The van der Waals surface area contributed by atoms with Gasteiger partial charge in [-0.3, -0.25) is 0 Å². The van der Waals surface area contributed by atoms with Crippen molar-refractivity contribution in [2.45, 2.75) is 65.7 Å². The molecule has 3 aromatic rings. The van der Waals surface area contributed by atoms with E-state index in [9.17, 15) is 15.6 Å². The van der Waals surface area contributed by atoms with Crippen molar-refractivity contribution in [1.82, 2.24) is 0 Å². The molecule has 0 aliphatic carbocycles. The maximum absolute atomic E-state index is 10.1. The Morgan fingerprint density at radius 2 is 1.71 bits per heavy atom. The first kappa shape index (κ1) is 29.0. The van der Waals surface area contributed by atoms with E-state index >= 15 is 0 Å². The van der Waals surface area contributed by atoms with Crippen LogP contribution in [0.1, 0.15) is 61.2 Å². The maximum Gasteiger partial charge on any atom is 0.158 e. The number of nitriles is 2. The van der Waals surface area contributed by atoms with Gasteiger partial charge in [-0.15, -0.1) is 21.6 Å². The minimum Gasteiger partial charge on any atom is -0.388 e. The molecule has 1 heterocycles. The third-order valence-electron chi connectivity index (χ3n) is 6.15. The topological polar surface area (TPSA) is 105 Å². The Morgan fingerprint density at radius 1 is 1.00 bits per heavy atom. The molecule has 0 spiro atoms. The predicted octanol–water partition coefficient (Wildman–Crippen LogP) is 7.49. The van der Waals surface area contributed by atoms with E-state index in [1.807, 2.05) is 51.1 Å². The molecule has 7 nitrogen and oxygen atoms in total. The van der Waals surface area contributed by atoms with E-state index in [2.05, 4.69) is 45.5 Å². The quantitative estimate of drug-likeness (QED) is 0.259. The zero-order chi connectivity index (χ0) is 27.9. The molecule has 1 N–H and O–H groups in total. The van der Waals surface area contributed by atoms with E-state index in [1.54, 1.807) is 20.8 Å². The molecule has 0 radical (unpaired) electrons. The van der Waals surface area contributed by atoms with Crippen LogP contribution in [0, 0.1) is 36.5 Å². The summed E-state index contributed by atoms with van der Waals surface area (Å²) in [7, 11) is 0. The van der Waals surface area contributed by atoms with E-state index in [1.165, 1.54) is 16.9 Å². The molecule has 198 valence electrons. The number of thiophene rings is 1. The number of benzene rings is 2. The second-order valence-corrected chi connectivity index (χ2v) is 11.6. The number of rotatable bonds is 11. The summed E-state index contributed by atoms with van der Waals surface area (Å²) in [6.45, 7) is 13.1. The van der Waals surface area contributed by atoms with E-state index < -0.39 is 11.2 Å². The number of hydrogen-bond acceptors (Lipinski definition) is 8. The lowest BCUT2D eigenvalue weighted by molar-refractivity contribution is -0.0930. The Hall–Kier alpha value is -3.56. The Labute approximate surface area is 229 Å². The van der Waals surface area contributed by atoms with Gasteiger partial charge in [-0.05, 0) is 82.9 Å². The largest absolute Gasteiger partial charge is 0.388 e. The van der Waals surface area contributed by atoms with Gasteiger partial charge in [0.25, 0.3) is 0 Å². The second-order valence-electron chi connectivity index (χ2n) is 10.6. The van der Waals surface area contributed by atoms with Crippen LogP contribution in [0.3, 0.4) is 0 Å². The number of ether oxygens (including phenoxy) is 1. The number of azo groups is 1. The number of aliphatic hydroxyl groups is 1. The van der Waals surface area contributed by atoms with Gasteiger partial charge in [-0.2, -0.15) is 10.5 Å². The summed E-state index contributed by atoms with van der Waals surface area (Å²) < 4.78 is 6.04. The van der Waals surface area contributed by atoms with Crippen molar-refractivity contribution in [3.05, 3.63) is 75.7 Å². The van der Waals surface area contributed by atoms with Crippen LogP contribution in [-0.2, 0) is 11.3 Å². The monoisotopic (exact) mass is 529 g/mol. The van der Waals surface area contributed by atoms with Gasteiger partial charge in [-0.25, -0.2) is 0 Å². The second kappa shape index (κ2) is 12.3. The number of hydrogen-bond donors (Lipinski definition) is 1. The minimum absolute atomic E-state index is 0.268. The van der Waals surface area contributed by atoms with Crippen LogP contribution in [0.25, 0.3) is 0 Å². The first-order valence-electron chi connectivity index (χ1n) is 12.5. The third kappa shape index (κ3) is 7.97. The fourth-order valence-corrected chi connectivity index (χ4v) is 4.68. The van der Waals surface area contributed by atoms with Crippen LogP contribution in [-0.4, -0.2) is 29.5 Å². The SMILES string of the molecule is Cc1cc(N(CCC(C)(C)OCC(C)(C)O)Cc2ccccc2)ccc1/N=N/c1sc(C#N)c(C)c1C#N. The van der Waals surface area contributed by atoms with Crippen LogP contribution in [0.4, 0.5) is 16.4 Å². The van der Waals surface area contributed by atoms with Gasteiger partial charge in [-0.1, -0.05) is 30.3 Å². The van der Waals surface area contributed by atoms with Gasteiger partial charge in [0, 0.05) is 18.8 Å². The zero-order valence-corrected chi connectivity index (χ0v) is 23.8. The zero-order valence-electron chi connectivity index (χ0n) is 22.9. The van der Waals surface area contributed by atoms with Crippen LogP contribution in [0.5, 0.6) is 0 Å². The van der Waals surface area contributed by atoms with E-state index in [4.69, 9.17) is 4.74 Å². The lowest BCUT2D eigenvalue weighted by Gasteiger charge is -2.33. The molecular formula is C30H35N5O2S. The highest BCUT2D eigenvalue weighted by atomic mass is 32.1. The van der Waals surface area contributed by atoms with Crippen LogP contribution in [0.15, 0.2) is 58.8 Å². The Balaban J connectivity index is 1.83. The molecule has 0 bridgehead atoms. The van der Waals surface area contributed by atoms with E-state index in [0.29, 0.717) is 26.7 Å². The predicted molar refractivity (Wildman–Crippen MR) is 152 cm³/mol. The summed E-state index contributed by atoms with van der Waals surface area (Å²) in [4.78, 5) is 2.79. The van der Waals surface area contributed by atoms with Crippen LogP contribution < -0.4 is 4.90 Å². The van der Waals surface area contributed by atoms with E-state index in [-0.39, 0.29) is 6.61 Å². The van der Waals surface area contributed by atoms with Crippen molar-refractivity contribution in [1.29, 1.82) is 10.5 Å². The molecule has 0 unspecified atom stereocenters. The van der Waals surface area contributed by atoms with Gasteiger partial charge in [0.15, 0.2) is 5.00 Å². The lowest BCUT2D eigenvalue weighted by atomic mass is 10.0. The molecule has 2 aromatic carbocycles. The fourth-order valence-electron chi connectivity index (χ4n) is 3.81. The number of anilines is 1. The van der Waals surface area contributed by atoms with Crippen LogP contribution in [0.2, 0.25) is 0 Å². The molecule has 0 fully saturated rings. The van der Waals surface area contributed by atoms with Crippen molar-refractivity contribution in [2.24, 2.45) is 10.2 Å². The van der Waals surface area contributed by atoms with Crippen LogP contribution >= 0.6 is 11.3 Å². The average molecular weight is 530 g/mol. The number of aryl methyl sites for hydroxylation is 1. The highest BCUT2D eigenvalue weighted by Crippen LogP contribution is 2.36. The van der Waals surface area contributed by atoms with Gasteiger partial charge in [0.2, 0.25) is 0 Å². The Bertz CT molecular complexity index is 1360. The summed E-state index contributed by atoms with van der Waals surface area (Å²) in [5.74, 6) is 0. The van der Waals surface area contributed by atoms with Gasteiger partial charge >= 0.3 is 0 Å². The minimum atomic E-state index is -0.880. The van der Waals surface area contributed by atoms with E-state index in [0.717, 1.165) is 30.8 Å². The standard InChI is InChI=1S/C30H35N5O2S/c1-21-16-24(12-13-26(21)33-34-28-25(17-31)22(2)27(18-32)38-28)35(19-23-10-8-7-9-11-23)15-14-30(5,6)37-20-29(3,4)36/h7-13,16,36H,14-15,19-20H2,1-6H3/b34-33+. The molecule has 0 saturated carbocycles. The summed E-state index contributed by atoms with van der Waals surface area (Å²) in [5.41, 5.74) is 3.67. The fraction of sp³-hybridized carbons (Fsp3) is 0.400. The van der Waals surface area contributed by atoms with Crippen molar-refractivity contribution in [3.63, 3.8) is 0 Å². The summed E-state index contributed by atoms with van der Waals surface area (Å²) in [6, 6.07) is 20.6. The molecule has 0 aliphatic heterocycles. The van der Waals surface area contributed by atoms with Gasteiger partial charge in [0.1, 0.15) is 17.0 Å². The van der Waals surface area contributed by atoms with Crippen molar-refractivity contribution >= 4 is 27.7 Å². The first-order valence-corrected chi connectivity index (χ1v) is 13.4. The molecular weight excluding hydrogens is 494 g/mol. The van der Waals surface area contributed by atoms with Gasteiger partial charge in [0.05, 0.1) is 29.1 Å². The molecule has 8 heteroatoms. The molecule has 1 aromatic heterocycles. The summed E-state index contributed by atoms with van der Waals surface area (Å²) in [5, 5.41) is 38.0. The van der Waals surface area contributed by atoms with Gasteiger partial charge < -0.3 is 14.7 Å². The molecule has 0 atom stereocenters. The van der Waals surface area contributed by atoms with Crippen molar-refractivity contribution in [3.8, 4) is 12.1 Å². The molecule has 0 aliphatic rings. The molecule has 3 rings (SSSR count). The Kier molecular flexibility index (Phi) is 9.40. The average Bonchev–Trinajstić information content (AvgIpc) is 3.19. The first-order chi connectivity index (χ1) is 17.9. The van der Waals surface area contributed by atoms with Crippen molar-refractivity contribution in [2.75, 3.05) is 18.1 Å². The highest BCUT2D eigenvalue weighted by molar-refractivity contribution is 7.16. The lowest BCUT2D eigenvalue weighted by Crippen LogP contribution is -2.37. The summed E-state index contributed by atoms with van der Waals surface area (Å²) >= 11 is 1.18. The normalized spacial score (nSPS) is 11.9. The molecule has 0 saturated heterocycles. The third-order valence-corrected chi connectivity index (χ3v) is 7.23. The smallest absolute Gasteiger partial charge is 0.158 e. The van der Waals surface area contributed by atoms with Crippen molar-refractivity contribution < 1.29 is 9.84 Å². The molecule has 38 heavy (non-hydrogen) atoms. The number of nitrogens with zero attached hydrogens (tertiary/aromatic N) is 5.